The molecule has 9 aromatic carbocycles. The van der Waals surface area contributed by atoms with Crippen LogP contribution in [-0.4, -0.2) is 9.55 Å². The molecular formula is C52H31N3. The van der Waals surface area contributed by atoms with Gasteiger partial charge >= 0.3 is 0 Å². The first-order valence-electron chi connectivity index (χ1n) is 18.6. The van der Waals surface area contributed by atoms with Crippen LogP contribution >= 0.6 is 0 Å². The summed E-state index contributed by atoms with van der Waals surface area (Å²) in [5, 5.41) is 10.5. The third kappa shape index (κ3) is 4.93. The van der Waals surface area contributed by atoms with Crippen molar-refractivity contribution in [3.63, 3.8) is 0 Å². The van der Waals surface area contributed by atoms with E-state index in [4.69, 9.17) is 11.6 Å². The van der Waals surface area contributed by atoms with Crippen molar-refractivity contribution in [1.82, 2.24) is 9.55 Å². The van der Waals surface area contributed by atoms with E-state index in [0.717, 1.165) is 71.7 Å². The molecule has 0 aliphatic rings. The Balaban J connectivity index is 1.15. The van der Waals surface area contributed by atoms with Gasteiger partial charge in [0.25, 0.3) is 0 Å². The average molecular weight is 698 g/mol. The van der Waals surface area contributed by atoms with Crippen molar-refractivity contribution in [2.24, 2.45) is 0 Å². The lowest BCUT2D eigenvalue weighted by molar-refractivity contribution is 1.18. The number of benzene rings is 9. The van der Waals surface area contributed by atoms with Gasteiger partial charge in [-0.1, -0.05) is 127 Å². The molecule has 55 heavy (non-hydrogen) atoms. The van der Waals surface area contributed by atoms with E-state index in [0.29, 0.717) is 5.69 Å². The number of aromatic nitrogens is 2. The lowest BCUT2D eigenvalue weighted by atomic mass is 9.88. The van der Waals surface area contributed by atoms with Gasteiger partial charge in [-0.3, -0.25) is 0 Å². The second-order valence-electron chi connectivity index (χ2n) is 14.2. The molecule has 3 nitrogen and oxygen atoms in total. The van der Waals surface area contributed by atoms with Gasteiger partial charge in [0.2, 0.25) is 0 Å². The molecule has 0 saturated carbocycles. The Labute approximate surface area is 317 Å². The maximum atomic E-state index is 7.74. The van der Waals surface area contributed by atoms with Crippen molar-refractivity contribution in [2.75, 3.05) is 0 Å². The smallest absolute Gasteiger partial charge is 0.188 e. The number of para-hydroxylation sites is 1. The number of fused-ring (bicyclic) bond motifs is 9. The zero-order chi connectivity index (χ0) is 36.5. The molecule has 0 amide bonds. The van der Waals surface area contributed by atoms with Crippen LogP contribution in [0.4, 0.5) is 5.69 Å². The van der Waals surface area contributed by atoms with Gasteiger partial charge < -0.3 is 4.57 Å². The number of hydrogen-bond donors (Lipinski definition) is 0. The second-order valence-corrected chi connectivity index (χ2v) is 14.2. The summed E-state index contributed by atoms with van der Waals surface area (Å²) in [6.07, 6.45) is 0. The molecule has 11 aromatic rings. The Morgan fingerprint density at radius 2 is 1.05 bits per heavy atom. The molecule has 0 N–H and O–H groups in total. The average Bonchev–Trinajstić information content (AvgIpc) is 3.58. The van der Waals surface area contributed by atoms with Crippen LogP contribution in [0.1, 0.15) is 0 Å². The van der Waals surface area contributed by atoms with E-state index in [1.807, 2.05) is 18.2 Å². The summed E-state index contributed by atoms with van der Waals surface area (Å²) in [6.45, 7) is 7.74. The minimum Gasteiger partial charge on any atom is -0.309 e. The van der Waals surface area contributed by atoms with Crippen LogP contribution in [0.5, 0.6) is 0 Å². The van der Waals surface area contributed by atoms with Crippen LogP contribution in [0, 0.1) is 6.57 Å². The zero-order valence-corrected chi connectivity index (χ0v) is 29.7. The fraction of sp³-hybridized carbons (Fsp3) is 0. The molecule has 0 spiro atoms. The Hall–Kier alpha value is -7.54. The Morgan fingerprint density at radius 3 is 1.85 bits per heavy atom. The molecule has 0 saturated heterocycles. The van der Waals surface area contributed by atoms with Crippen molar-refractivity contribution < 1.29 is 0 Å². The molecule has 0 aliphatic carbocycles. The first-order valence-corrected chi connectivity index (χ1v) is 18.6. The monoisotopic (exact) mass is 697 g/mol. The third-order valence-electron chi connectivity index (χ3n) is 11.1. The minimum absolute atomic E-state index is 0.639. The van der Waals surface area contributed by atoms with E-state index < -0.39 is 0 Å². The maximum Gasteiger partial charge on any atom is 0.188 e. The largest absolute Gasteiger partial charge is 0.309 e. The molecule has 3 heteroatoms. The highest BCUT2D eigenvalue weighted by atomic mass is 15.0. The fourth-order valence-corrected chi connectivity index (χ4v) is 8.59. The molecule has 2 heterocycles. The van der Waals surface area contributed by atoms with E-state index in [1.54, 1.807) is 0 Å². The summed E-state index contributed by atoms with van der Waals surface area (Å²) in [4.78, 5) is 9.17. The minimum atomic E-state index is 0.639. The summed E-state index contributed by atoms with van der Waals surface area (Å²) in [5.74, 6) is 0. The van der Waals surface area contributed by atoms with Gasteiger partial charge in [0.1, 0.15) is 0 Å². The van der Waals surface area contributed by atoms with Gasteiger partial charge in [-0.15, -0.1) is 0 Å². The normalized spacial score (nSPS) is 11.6. The van der Waals surface area contributed by atoms with E-state index in [1.165, 1.54) is 32.5 Å². The van der Waals surface area contributed by atoms with Crippen molar-refractivity contribution in [3.05, 3.63) is 199 Å². The molecule has 11 rings (SSSR count). The highest BCUT2D eigenvalue weighted by Gasteiger charge is 2.18. The van der Waals surface area contributed by atoms with Crippen molar-refractivity contribution >= 4 is 70.7 Å². The lowest BCUT2D eigenvalue weighted by Gasteiger charge is -2.17. The molecule has 0 atom stereocenters. The quantitative estimate of drug-likeness (QED) is 0.102. The topological polar surface area (TPSA) is 22.2 Å². The Morgan fingerprint density at radius 1 is 0.418 bits per heavy atom. The van der Waals surface area contributed by atoms with E-state index >= 15 is 0 Å². The van der Waals surface area contributed by atoms with Gasteiger partial charge in [-0.2, -0.15) is 0 Å². The third-order valence-corrected chi connectivity index (χ3v) is 11.1. The van der Waals surface area contributed by atoms with Gasteiger partial charge in [0, 0.05) is 32.8 Å². The molecular weight excluding hydrogens is 667 g/mol. The van der Waals surface area contributed by atoms with Crippen LogP contribution in [0.15, 0.2) is 188 Å². The molecule has 254 valence electrons. The summed E-state index contributed by atoms with van der Waals surface area (Å²) >= 11 is 0. The van der Waals surface area contributed by atoms with Crippen LogP contribution in [-0.2, 0) is 0 Å². The molecule has 0 unspecified atom stereocenters. The standard InChI is InChI=1S/C52H31N3/c1-53-39-24-26-50-45(31-39)44-28-37(23-25-49(44)55(50)40-19-6-3-7-20-40)34-17-12-18-38(27-34)43-32-47-51(42-22-11-10-21-41(42)43)46-29-35-15-8-9-16-36(35)30-48(46)54-52(47)33-13-4-2-5-14-33/h2-32H. The van der Waals surface area contributed by atoms with Crippen molar-refractivity contribution in [3.8, 4) is 39.2 Å². The van der Waals surface area contributed by atoms with Gasteiger partial charge in [0.05, 0.1) is 28.8 Å². The summed E-state index contributed by atoms with van der Waals surface area (Å²) in [5.41, 5.74) is 11.6. The van der Waals surface area contributed by atoms with E-state index in [2.05, 4.69) is 179 Å². The lowest BCUT2D eigenvalue weighted by Crippen LogP contribution is -1.93. The number of pyridine rings is 1. The number of rotatable bonds is 4. The van der Waals surface area contributed by atoms with Crippen LogP contribution in [0.3, 0.4) is 0 Å². The first kappa shape index (κ1) is 31.0. The van der Waals surface area contributed by atoms with Crippen molar-refractivity contribution in [1.29, 1.82) is 0 Å². The number of hydrogen-bond acceptors (Lipinski definition) is 1. The maximum absolute atomic E-state index is 7.74. The van der Waals surface area contributed by atoms with Gasteiger partial charge in [-0.25, -0.2) is 9.83 Å². The SMILES string of the molecule is [C-]#[N+]c1ccc2c(c1)c1cc(-c3cccc(-c4cc5c(-c6ccccc6)nc6cc7ccccc7cc6c5c5ccccc45)c3)ccc1n2-c1ccccc1. The summed E-state index contributed by atoms with van der Waals surface area (Å²) < 4.78 is 2.30. The Kier molecular flexibility index (Phi) is 6.92. The predicted octanol–water partition coefficient (Wildman–Crippen LogP) is 14.3. The van der Waals surface area contributed by atoms with E-state index in [9.17, 15) is 0 Å². The van der Waals surface area contributed by atoms with Crippen LogP contribution in [0.25, 0.3) is 109 Å². The summed E-state index contributed by atoms with van der Waals surface area (Å²) in [6, 6.07) is 67.0. The first-order chi connectivity index (χ1) is 27.2. The van der Waals surface area contributed by atoms with Gasteiger partial charge in [-0.05, 0) is 110 Å². The molecule has 2 aromatic heterocycles. The number of nitrogens with zero attached hydrogens (tertiary/aromatic N) is 3. The molecule has 0 aliphatic heterocycles. The molecule has 0 radical (unpaired) electrons. The van der Waals surface area contributed by atoms with Crippen LogP contribution in [0.2, 0.25) is 0 Å². The molecule has 0 bridgehead atoms. The van der Waals surface area contributed by atoms with Crippen LogP contribution < -0.4 is 0 Å². The second kappa shape index (κ2) is 12.3. The molecule has 0 fully saturated rings. The predicted molar refractivity (Wildman–Crippen MR) is 231 cm³/mol. The van der Waals surface area contributed by atoms with Gasteiger partial charge in [0.15, 0.2) is 5.69 Å². The van der Waals surface area contributed by atoms with E-state index in [-0.39, 0.29) is 0 Å². The highest BCUT2D eigenvalue weighted by molar-refractivity contribution is 6.26. The zero-order valence-electron chi connectivity index (χ0n) is 29.7. The van der Waals surface area contributed by atoms with Crippen molar-refractivity contribution in [2.45, 2.75) is 0 Å². The fourth-order valence-electron chi connectivity index (χ4n) is 8.59. The Bertz CT molecular complexity index is 3370. The highest BCUT2D eigenvalue weighted by Crippen LogP contribution is 2.43. The summed E-state index contributed by atoms with van der Waals surface area (Å²) in [7, 11) is 0.